The predicted molar refractivity (Wildman–Crippen MR) is 89.5 cm³/mol. The monoisotopic (exact) mass is 336 g/mol. The van der Waals surface area contributed by atoms with Crippen LogP contribution in [0.3, 0.4) is 0 Å². The lowest BCUT2D eigenvalue weighted by Crippen LogP contribution is -2.21. The van der Waals surface area contributed by atoms with Crippen LogP contribution in [0.2, 0.25) is 10.0 Å². The molecule has 0 spiro atoms. The van der Waals surface area contributed by atoms with Crippen molar-refractivity contribution in [1.82, 2.24) is 0 Å². The molecule has 0 aromatic heterocycles. The van der Waals surface area contributed by atoms with Crippen LogP contribution in [-0.2, 0) is 9.59 Å². The fourth-order valence-corrected chi connectivity index (χ4v) is 2.07. The first kappa shape index (κ1) is 16.3. The highest BCUT2D eigenvalue weighted by molar-refractivity contribution is 6.31. The van der Waals surface area contributed by atoms with E-state index in [1.807, 2.05) is 6.92 Å². The van der Waals surface area contributed by atoms with Crippen LogP contribution in [0.15, 0.2) is 42.5 Å². The Labute approximate surface area is 138 Å². The van der Waals surface area contributed by atoms with Gasteiger partial charge in [0.05, 0.1) is 0 Å². The van der Waals surface area contributed by atoms with Crippen LogP contribution < -0.4 is 10.6 Å². The number of hydrogen-bond donors (Lipinski definition) is 2. The van der Waals surface area contributed by atoms with Gasteiger partial charge >= 0.3 is 0 Å². The van der Waals surface area contributed by atoms with Crippen molar-refractivity contribution in [2.24, 2.45) is 0 Å². The van der Waals surface area contributed by atoms with Gasteiger partial charge in [0, 0.05) is 21.4 Å². The Bertz CT molecular complexity index is 700. The van der Waals surface area contributed by atoms with Crippen LogP contribution in [0, 0.1) is 6.92 Å². The Balaban J connectivity index is 1.89. The normalized spacial score (nSPS) is 10.1. The molecule has 0 aliphatic rings. The van der Waals surface area contributed by atoms with Gasteiger partial charge < -0.3 is 10.6 Å². The molecule has 22 heavy (non-hydrogen) atoms. The van der Waals surface area contributed by atoms with Gasteiger partial charge in [-0.3, -0.25) is 9.59 Å². The van der Waals surface area contributed by atoms with E-state index >= 15 is 0 Å². The Kier molecular flexibility index (Phi) is 5.41. The van der Waals surface area contributed by atoms with Crippen LogP contribution in [0.5, 0.6) is 0 Å². The first-order chi connectivity index (χ1) is 10.4. The summed E-state index contributed by atoms with van der Waals surface area (Å²) in [7, 11) is 0. The summed E-state index contributed by atoms with van der Waals surface area (Å²) >= 11 is 11.7. The molecule has 0 unspecified atom stereocenters. The minimum atomic E-state index is -0.411. The van der Waals surface area contributed by atoms with Gasteiger partial charge in [0.25, 0.3) is 0 Å². The molecule has 6 heteroatoms. The lowest BCUT2D eigenvalue weighted by Gasteiger charge is -2.08. The highest BCUT2D eigenvalue weighted by Gasteiger charge is 2.10. The van der Waals surface area contributed by atoms with Crippen LogP contribution in [0.1, 0.15) is 12.0 Å². The van der Waals surface area contributed by atoms with Crippen molar-refractivity contribution < 1.29 is 9.59 Å². The van der Waals surface area contributed by atoms with E-state index in [1.165, 1.54) is 0 Å². The van der Waals surface area contributed by atoms with Gasteiger partial charge in [0.2, 0.25) is 11.8 Å². The number of anilines is 2. The Morgan fingerprint density at radius 2 is 1.45 bits per heavy atom. The number of amides is 2. The number of halogens is 2. The molecule has 0 saturated heterocycles. The number of carbonyl (C=O) groups is 2. The molecule has 2 amide bonds. The maximum Gasteiger partial charge on any atom is 0.233 e. The predicted octanol–water partition coefficient (Wildman–Crippen LogP) is 4.27. The largest absolute Gasteiger partial charge is 0.326 e. The second-order valence-electron chi connectivity index (χ2n) is 4.74. The third-order valence-electron chi connectivity index (χ3n) is 2.90. The second kappa shape index (κ2) is 7.29. The van der Waals surface area contributed by atoms with Crippen LogP contribution in [0.25, 0.3) is 0 Å². The quantitative estimate of drug-likeness (QED) is 0.819. The molecule has 0 bridgehead atoms. The summed E-state index contributed by atoms with van der Waals surface area (Å²) < 4.78 is 0. The van der Waals surface area contributed by atoms with Gasteiger partial charge in [-0.05, 0) is 48.9 Å². The number of carbonyl (C=O) groups excluding carboxylic acids is 2. The molecule has 0 fully saturated rings. The number of rotatable bonds is 4. The summed E-state index contributed by atoms with van der Waals surface area (Å²) in [5.74, 6) is -0.815. The second-order valence-corrected chi connectivity index (χ2v) is 5.59. The average molecular weight is 337 g/mol. The maximum absolute atomic E-state index is 11.8. The molecule has 2 aromatic rings. The molecule has 4 nitrogen and oxygen atoms in total. The van der Waals surface area contributed by atoms with Crippen molar-refractivity contribution in [1.29, 1.82) is 0 Å². The number of aryl methyl sites for hydroxylation is 1. The molecule has 0 heterocycles. The van der Waals surface area contributed by atoms with E-state index in [1.54, 1.807) is 42.5 Å². The van der Waals surface area contributed by atoms with Crippen molar-refractivity contribution >= 4 is 46.4 Å². The van der Waals surface area contributed by atoms with Gasteiger partial charge in [-0.15, -0.1) is 0 Å². The topological polar surface area (TPSA) is 58.2 Å². The van der Waals surface area contributed by atoms with Crippen molar-refractivity contribution in [2.45, 2.75) is 13.3 Å². The van der Waals surface area contributed by atoms with Crippen molar-refractivity contribution in [3.8, 4) is 0 Å². The fourth-order valence-electron chi connectivity index (χ4n) is 1.76. The number of nitrogens with one attached hydrogen (secondary N) is 2. The Hall–Kier alpha value is -2.04. The molecule has 0 saturated carbocycles. The molecule has 0 aliphatic carbocycles. The summed E-state index contributed by atoms with van der Waals surface area (Å²) in [5, 5.41) is 6.39. The molecule has 2 aromatic carbocycles. The van der Waals surface area contributed by atoms with Gasteiger partial charge in [-0.2, -0.15) is 0 Å². The smallest absolute Gasteiger partial charge is 0.233 e. The third-order valence-corrected chi connectivity index (χ3v) is 3.56. The minimum Gasteiger partial charge on any atom is -0.326 e. The number of hydrogen-bond acceptors (Lipinski definition) is 2. The molecule has 0 aliphatic heterocycles. The van der Waals surface area contributed by atoms with Crippen molar-refractivity contribution in [2.75, 3.05) is 10.6 Å². The lowest BCUT2D eigenvalue weighted by molar-refractivity contribution is -0.123. The van der Waals surface area contributed by atoms with E-state index in [0.29, 0.717) is 21.4 Å². The van der Waals surface area contributed by atoms with Crippen LogP contribution >= 0.6 is 23.2 Å². The first-order valence-electron chi connectivity index (χ1n) is 6.55. The van der Waals surface area contributed by atoms with Gasteiger partial charge in [-0.1, -0.05) is 29.3 Å². The highest BCUT2D eigenvalue weighted by atomic mass is 35.5. The van der Waals surface area contributed by atoms with Crippen molar-refractivity contribution in [3.63, 3.8) is 0 Å². The highest BCUT2D eigenvalue weighted by Crippen LogP contribution is 2.20. The molecular weight excluding hydrogens is 323 g/mol. The average Bonchev–Trinajstić information content (AvgIpc) is 2.45. The standard InChI is InChI=1S/C16H14Cl2N2O2/c1-10-2-5-13(8-14(10)18)20-16(22)9-15(21)19-12-6-3-11(17)4-7-12/h2-8H,9H2,1H3,(H,19,21)(H,20,22). The van der Waals surface area contributed by atoms with Gasteiger partial charge in [0.1, 0.15) is 6.42 Å². The Morgan fingerprint density at radius 3 is 2.05 bits per heavy atom. The fraction of sp³-hybridized carbons (Fsp3) is 0.125. The van der Waals surface area contributed by atoms with Crippen LogP contribution in [0.4, 0.5) is 11.4 Å². The molecule has 2 rings (SSSR count). The van der Waals surface area contributed by atoms with Crippen molar-refractivity contribution in [3.05, 3.63) is 58.1 Å². The first-order valence-corrected chi connectivity index (χ1v) is 7.31. The van der Waals surface area contributed by atoms with Gasteiger partial charge in [0.15, 0.2) is 0 Å². The van der Waals surface area contributed by atoms with E-state index in [-0.39, 0.29) is 6.42 Å². The molecule has 114 valence electrons. The zero-order valence-electron chi connectivity index (χ0n) is 11.8. The summed E-state index contributed by atoms with van der Waals surface area (Å²) in [4.78, 5) is 23.6. The third kappa shape index (κ3) is 4.76. The molecule has 2 N–H and O–H groups in total. The molecular formula is C16H14Cl2N2O2. The molecule has 0 atom stereocenters. The summed E-state index contributed by atoms with van der Waals surface area (Å²) in [6.45, 7) is 1.87. The van der Waals surface area contributed by atoms with E-state index in [4.69, 9.17) is 23.2 Å². The summed E-state index contributed by atoms with van der Waals surface area (Å²) in [6.07, 6.45) is -0.284. The maximum atomic E-state index is 11.8. The number of benzene rings is 2. The van der Waals surface area contributed by atoms with Crippen LogP contribution in [-0.4, -0.2) is 11.8 Å². The molecule has 0 radical (unpaired) electrons. The van der Waals surface area contributed by atoms with E-state index < -0.39 is 11.8 Å². The SMILES string of the molecule is Cc1ccc(NC(=O)CC(=O)Nc2ccc(Cl)cc2)cc1Cl. The van der Waals surface area contributed by atoms with Gasteiger partial charge in [-0.25, -0.2) is 0 Å². The van der Waals surface area contributed by atoms with E-state index in [0.717, 1.165) is 5.56 Å². The Morgan fingerprint density at radius 1 is 0.909 bits per heavy atom. The van der Waals surface area contributed by atoms with E-state index in [9.17, 15) is 9.59 Å². The summed E-state index contributed by atoms with van der Waals surface area (Å²) in [6, 6.07) is 11.8. The zero-order valence-corrected chi connectivity index (χ0v) is 13.3. The lowest BCUT2D eigenvalue weighted by atomic mass is 10.2. The zero-order chi connectivity index (χ0) is 16.1. The summed E-state index contributed by atoms with van der Waals surface area (Å²) in [5.41, 5.74) is 2.06. The minimum absolute atomic E-state index is 0.284. The van der Waals surface area contributed by atoms with E-state index in [2.05, 4.69) is 10.6 Å².